The van der Waals surface area contributed by atoms with Gasteiger partial charge in [0.25, 0.3) is 0 Å². The molecule has 0 bridgehead atoms. The molecule has 1 unspecified atom stereocenters. The molecule has 3 nitrogen and oxygen atoms in total. The third-order valence-electron chi connectivity index (χ3n) is 3.83. The first-order chi connectivity index (χ1) is 8.34. The van der Waals surface area contributed by atoms with Crippen molar-refractivity contribution in [2.75, 3.05) is 32.8 Å². The molecule has 3 heteroatoms. The Hall–Kier alpha value is -0.900. The third kappa shape index (κ3) is 2.23. The summed E-state index contributed by atoms with van der Waals surface area (Å²) in [6, 6.07) is 6.66. The predicted molar refractivity (Wildman–Crippen MR) is 67.1 cm³/mol. The van der Waals surface area contributed by atoms with Crippen LogP contribution in [0.2, 0.25) is 0 Å². The second kappa shape index (κ2) is 4.77. The van der Waals surface area contributed by atoms with Gasteiger partial charge in [0, 0.05) is 31.6 Å². The summed E-state index contributed by atoms with van der Waals surface area (Å²) in [4.78, 5) is 3.80. The Balaban J connectivity index is 1.79. The third-order valence-corrected chi connectivity index (χ3v) is 3.83. The lowest BCUT2D eigenvalue weighted by Gasteiger charge is -2.27. The minimum atomic E-state index is 0.877. The van der Waals surface area contributed by atoms with Crippen molar-refractivity contribution in [3.05, 3.63) is 36.4 Å². The van der Waals surface area contributed by atoms with E-state index >= 15 is 0 Å². The zero-order valence-electron chi connectivity index (χ0n) is 10.2. The van der Waals surface area contributed by atoms with Crippen molar-refractivity contribution in [3.63, 3.8) is 0 Å². The van der Waals surface area contributed by atoms with Crippen LogP contribution < -0.4 is 4.90 Å². The van der Waals surface area contributed by atoms with Crippen LogP contribution >= 0.6 is 0 Å². The summed E-state index contributed by atoms with van der Waals surface area (Å²) in [5, 5.41) is 0. The molecule has 0 radical (unpaired) electrons. The van der Waals surface area contributed by atoms with E-state index in [4.69, 9.17) is 4.74 Å². The van der Waals surface area contributed by atoms with Crippen LogP contribution in [-0.2, 0) is 17.7 Å². The number of nitrogens with zero attached hydrogens (tertiary/aromatic N) is 1. The monoisotopic (exact) mass is 232 g/mol. The van der Waals surface area contributed by atoms with Crippen molar-refractivity contribution in [2.24, 2.45) is 0 Å². The predicted octanol–water partition coefficient (Wildman–Crippen LogP) is 0.383. The van der Waals surface area contributed by atoms with E-state index < -0.39 is 0 Å². The maximum Gasteiger partial charge on any atom is 0.108 e. The van der Waals surface area contributed by atoms with E-state index in [1.165, 1.54) is 28.1 Å². The van der Waals surface area contributed by atoms with E-state index in [1.807, 2.05) is 0 Å². The molecule has 2 heterocycles. The fraction of sp³-hybridized carbons (Fsp3) is 0.500. The molecular formula is C14H20N2O. The van der Waals surface area contributed by atoms with E-state index in [2.05, 4.69) is 30.1 Å². The van der Waals surface area contributed by atoms with Crippen LogP contribution in [0.4, 0.5) is 5.69 Å². The molecule has 0 aliphatic carbocycles. The molecule has 1 fully saturated rings. The number of quaternary nitrogens is 1. The number of nitrogens with one attached hydrogen (secondary N) is 1. The number of rotatable bonds is 2. The Morgan fingerprint density at radius 1 is 1.29 bits per heavy atom. The maximum absolute atomic E-state index is 5.39. The molecule has 1 aromatic carbocycles. The van der Waals surface area contributed by atoms with Gasteiger partial charge in [-0.1, -0.05) is 12.1 Å². The van der Waals surface area contributed by atoms with Gasteiger partial charge >= 0.3 is 0 Å². The highest BCUT2D eigenvalue weighted by atomic mass is 16.5. The maximum atomic E-state index is 5.39. The van der Waals surface area contributed by atoms with E-state index in [0.717, 1.165) is 39.4 Å². The quantitative estimate of drug-likeness (QED) is 0.743. The highest BCUT2D eigenvalue weighted by Crippen LogP contribution is 2.22. The lowest BCUT2D eigenvalue weighted by molar-refractivity contribution is -0.775. The molecule has 0 saturated carbocycles. The summed E-state index contributed by atoms with van der Waals surface area (Å²) >= 11 is 0. The first-order valence-electron chi connectivity index (χ1n) is 6.43. The summed E-state index contributed by atoms with van der Waals surface area (Å²) < 4.78 is 5.39. The summed E-state index contributed by atoms with van der Waals surface area (Å²) in [5.41, 5.74) is 4.42. The first kappa shape index (κ1) is 11.2. The van der Waals surface area contributed by atoms with Gasteiger partial charge in [-0.15, -0.1) is 7.05 Å². The largest absolute Gasteiger partial charge is 0.434 e. The molecule has 1 saturated heterocycles. The Morgan fingerprint density at radius 2 is 2.12 bits per heavy atom. The van der Waals surface area contributed by atoms with Crippen molar-refractivity contribution in [1.82, 2.24) is 4.90 Å². The zero-order valence-corrected chi connectivity index (χ0v) is 10.2. The van der Waals surface area contributed by atoms with Gasteiger partial charge in [-0.3, -0.25) is 4.90 Å². The number of fused-ring (bicyclic) bond motifs is 1. The van der Waals surface area contributed by atoms with Crippen molar-refractivity contribution < 1.29 is 9.64 Å². The zero-order chi connectivity index (χ0) is 11.7. The molecule has 2 aliphatic heterocycles. The molecule has 1 aromatic rings. The van der Waals surface area contributed by atoms with Gasteiger partial charge in [0.2, 0.25) is 0 Å². The normalized spacial score (nSPS) is 24.9. The summed E-state index contributed by atoms with van der Waals surface area (Å²) in [6.07, 6.45) is 1.18. The summed E-state index contributed by atoms with van der Waals surface area (Å²) in [6.45, 7) is 6.08. The van der Waals surface area contributed by atoms with Gasteiger partial charge in [0.1, 0.15) is 5.69 Å². The minimum absolute atomic E-state index is 0.877. The number of ether oxygens (including phenoxy) is 1. The molecule has 92 valence electrons. The smallest absolute Gasteiger partial charge is 0.108 e. The number of benzene rings is 1. The molecule has 2 aliphatic rings. The molecule has 1 atom stereocenters. The van der Waals surface area contributed by atoms with Crippen molar-refractivity contribution in [3.8, 4) is 0 Å². The topological polar surface area (TPSA) is 16.9 Å². The van der Waals surface area contributed by atoms with E-state index in [9.17, 15) is 0 Å². The summed E-state index contributed by atoms with van der Waals surface area (Å²) in [7, 11) is 4.15. The van der Waals surface area contributed by atoms with Crippen LogP contribution in [0.3, 0.4) is 0 Å². The van der Waals surface area contributed by atoms with Gasteiger partial charge in [-0.05, 0) is 11.6 Å². The van der Waals surface area contributed by atoms with E-state index in [0.29, 0.717) is 0 Å². The lowest BCUT2D eigenvalue weighted by Crippen LogP contribution is -3.00. The molecule has 0 amide bonds. The minimum Gasteiger partial charge on any atom is -0.434 e. The van der Waals surface area contributed by atoms with Crippen LogP contribution in [0, 0.1) is 7.05 Å². The van der Waals surface area contributed by atoms with Crippen LogP contribution in [0.25, 0.3) is 0 Å². The molecular weight excluding hydrogens is 212 g/mol. The van der Waals surface area contributed by atoms with Gasteiger partial charge in [-0.25, -0.2) is 0 Å². The first-order valence-corrected chi connectivity index (χ1v) is 6.43. The Morgan fingerprint density at radius 3 is 2.94 bits per heavy atom. The van der Waals surface area contributed by atoms with Gasteiger partial charge in [-0.2, -0.15) is 0 Å². The second-order valence-electron chi connectivity index (χ2n) is 4.94. The van der Waals surface area contributed by atoms with Crippen LogP contribution in [-0.4, -0.2) is 37.7 Å². The fourth-order valence-corrected chi connectivity index (χ4v) is 2.82. The molecule has 3 rings (SSSR count). The summed E-state index contributed by atoms with van der Waals surface area (Å²) in [5.74, 6) is 0. The SMILES string of the molecule is [CH2-][NH+]1CCc2c(CN3CCOCC3)cccc21. The van der Waals surface area contributed by atoms with Gasteiger partial charge in [0.15, 0.2) is 0 Å². The average Bonchev–Trinajstić information content (AvgIpc) is 2.74. The second-order valence-corrected chi connectivity index (χ2v) is 4.94. The average molecular weight is 232 g/mol. The molecule has 1 N–H and O–H groups in total. The Bertz CT molecular complexity index is 399. The van der Waals surface area contributed by atoms with Crippen LogP contribution in [0.15, 0.2) is 18.2 Å². The molecule has 0 spiro atoms. The standard InChI is InChI=1S/C14H20N2O/c1-15-6-5-13-12(3-2-4-14(13)15)11-16-7-9-17-10-8-16/h2-4,15H,1,5-11H2. The van der Waals surface area contributed by atoms with E-state index in [-0.39, 0.29) is 0 Å². The van der Waals surface area contributed by atoms with Crippen molar-refractivity contribution >= 4 is 5.69 Å². The fourth-order valence-electron chi connectivity index (χ4n) is 2.82. The molecule has 17 heavy (non-hydrogen) atoms. The van der Waals surface area contributed by atoms with Crippen molar-refractivity contribution in [1.29, 1.82) is 0 Å². The highest BCUT2D eigenvalue weighted by Gasteiger charge is 2.21. The lowest BCUT2D eigenvalue weighted by atomic mass is 10.0. The van der Waals surface area contributed by atoms with E-state index in [1.54, 1.807) is 0 Å². The molecule has 0 aromatic heterocycles. The van der Waals surface area contributed by atoms with Crippen LogP contribution in [0.5, 0.6) is 0 Å². The number of hydrogen-bond acceptors (Lipinski definition) is 2. The van der Waals surface area contributed by atoms with Crippen LogP contribution in [0.1, 0.15) is 11.1 Å². The Labute approximate surface area is 103 Å². The van der Waals surface area contributed by atoms with Crippen molar-refractivity contribution in [2.45, 2.75) is 13.0 Å². The Kier molecular flexibility index (Phi) is 3.14. The number of hydrogen-bond donors (Lipinski definition) is 1. The highest BCUT2D eigenvalue weighted by molar-refractivity contribution is 5.47. The van der Waals surface area contributed by atoms with Gasteiger partial charge < -0.3 is 9.64 Å². The van der Waals surface area contributed by atoms with Gasteiger partial charge in [0.05, 0.1) is 19.8 Å². The number of morpholine rings is 1.